The molecule has 7 heteroatoms. The number of fused-ring (bicyclic) bond motifs is 2. The molecular formula is C20H20ClNO5. The number of benzene rings is 2. The fourth-order valence-corrected chi connectivity index (χ4v) is 4.31. The van der Waals surface area contributed by atoms with Crippen LogP contribution in [0.4, 0.5) is 5.69 Å². The summed E-state index contributed by atoms with van der Waals surface area (Å²) in [6.45, 7) is 0. The molecule has 4 atom stereocenters. The van der Waals surface area contributed by atoms with Crippen LogP contribution in [0.3, 0.4) is 0 Å². The Bertz CT molecular complexity index is 815. The summed E-state index contributed by atoms with van der Waals surface area (Å²) in [7, 11) is -2.73. The van der Waals surface area contributed by atoms with E-state index in [1.165, 1.54) is 11.3 Å². The van der Waals surface area contributed by atoms with Gasteiger partial charge in [0.25, 0.3) is 0 Å². The standard InChI is InChI=1S/C20H20NO.ClHO4/c1-21(16-10-6-3-7-11-16)18-12-13-20(22)19(21)14-17(18)15-8-4-2-5-9-15;2-1(3,4)5/h2-13,17-19H,14H2,1H3;(H,2,3,4,5)/q+1;/p-1. The molecule has 0 radical (unpaired) electrons. The van der Waals surface area contributed by atoms with Crippen LogP contribution in [-0.4, -0.2) is 24.9 Å². The first-order chi connectivity index (χ1) is 12.7. The van der Waals surface area contributed by atoms with Gasteiger partial charge < -0.3 is 0 Å². The Kier molecular flexibility index (Phi) is 5.48. The maximum Gasteiger partial charge on any atom is 0.213 e. The summed E-state index contributed by atoms with van der Waals surface area (Å²) in [5.41, 5.74) is 2.57. The van der Waals surface area contributed by atoms with Gasteiger partial charge in [0, 0.05) is 12.3 Å². The van der Waals surface area contributed by atoms with E-state index in [-0.39, 0.29) is 11.8 Å². The maximum absolute atomic E-state index is 12.5. The zero-order chi connectivity index (χ0) is 19.7. The highest BCUT2D eigenvalue weighted by Crippen LogP contribution is 2.48. The van der Waals surface area contributed by atoms with Gasteiger partial charge in [0.15, 0.2) is 6.04 Å². The highest BCUT2D eigenvalue weighted by Gasteiger charge is 2.57. The molecule has 6 nitrogen and oxygen atoms in total. The SMILES string of the molecule is C[N+]1(c2ccccc2)C2CC(c3ccccc3)C1C=CC2=O.[O-][Cl+3]([O-])([O-])[O-]. The zero-order valence-electron chi connectivity index (χ0n) is 14.7. The van der Waals surface area contributed by atoms with E-state index in [1.807, 2.05) is 6.07 Å². The van der Waals surface area contributed by atoms with E-state index >= 15 is 0 Å². The van der Waals surface area contributed by atoms with Gasteiger partial charge in [0.1, 0.15) is 11.7 Å². The number of quaternary nitrogens is 1. The first kappa shape index (κ1) is 19.7. The van der Waals surface area contributed by atoms with Crippen molar-refractivity contribution < 1.29 is 33.7 Å². The van der Waals surface area contributed by atoms with Gasteiger partial charge in [0.2, 0.25) is 5.78 Å². The van der Waals surface area contributed by atoms with E-state index in [9.17, 15) is 4.79 Å². The second kappa shape index (κ2) is 7.52. The summed E-state index contributed by atoms with van der Waals surface area (Å²) in [5, 5.41) is 0. The lowest BCUT2D eigenvalue weighted by molar-refractivity contribution is -2.00. The molecule has 0 N–H and O–H groups in total. The van der Waals surface area contributed by atoms with Gasteiger partial charge in [-0.15, -0.1) is 10.2 Å². The third-order valence-corrected chi connectivity index (χ3v) is 5.48. The van der Waals surface area contributed by atoms with Crippen LogP contribution < -0.4 is 23.1 Å². The molecule has 0 amide bonds. The van der Waals surface area contributed by atoms with Crippen LogP contribution in [0.15, 0.2) is 72.8 Å². The van der Waals surface area contributed by atoms with Crippen molar-refractivity contribution >= 4 is 11.5 Å². The molecule has 2 aromatic carbocycles. The molecule has 2 aromatic rings. The highest BCUT2D eigenvalue weighted by atomic mass is 35.7. The Hall–Kier alpha value is -2.06. The average molecular weight is 390 g/mol. The van der Waals surface area contributed by atoms with Crippen molar-refractivity contribution in [3.63, 3.8) is 0 Å². The first-order valence-electron chi connectivity index (χ1n) is 8.51. The minimum Gasteiger partial charge on any atom is -0.288 e. The Balaban J connectivity index is 0.000000376. The maximum atomic E-state index is 12.5. The molecule has 2 aliphatic rings. The molecule has 2 heterocycles. The molecule has 142 valence electrons. The largest absolute Gasteiger partial charge is 0.288 e. The topological polar surface area (TPSA) is 109 Å². The van der Waals surface area contributed by atoms with Crippen molar-refractivity contribution in [2.45, 2.75) is 24.4 Å². The van der Waals surface area contributed by atoms with E-state index in [0.717, 1.165) is 6.42 Å². The Morgan fingerprint density at radius 2 is 1.44 bits per heavy atom. The van der Waals surface area contributed by atoms with Crippen LogP contribution in [0, 0.1) is 10.2 Å². The number of likely N-dealkylation sites (N-methyl/N-ethyl adjacent to an activating group) is 1. The quantitative estimate of drug-likeness (QED) is 0.607. The minimum absolute atomic E-state index is 0.0302. The average Bonchev–Trinajstić information content (AvgIpc) is 2.81. The molecular weight excluding hydrogens is 370 g/mol. The van der Waals surface area contributed by atoms with Crippen molar-refractivity contribution in [1.82, 2.24) is 4.48 Å². The minimum atomic E-state index is -4.94. The van der Waals surface area contributed by atoms with Crippen LogP contribution in [0.25, 0.3) is 0 Å². The molecule has 0 spiro atoms. The lowest BCUT2D eigenvalue weighted by Crippen LogP contribution is -2.68. The Morgan fingerprint density at radius 3 is 2.00 bits per heavy atom. The van der Waals surface area contributed by atoms with Gasteiger partial charge in [0.05, 0.1) is 7.05 Å². The summed E-state index contributed by atoms with van der Waals surface area (Å²) in [6, 6.07) is 21.5. The van der Waals surface area contributed by atoms with Gasteiger partial charge in [-0.3, -0.25) is 9.28 Å². The van der Waals surface area contributed by atoms with Gasteiger partial charge >= 0.3 is 0 Å². The van der Waals surface area contributed by atoms with Crippen LogP contribution >= 0.6 is 0 Å². The molecule has 0 aliphatic carbocycles. The van der Waals surface area contributed by atoms with Crippen LogP contribution in [0.1, 0.15) is 17.9 Å². The smallest absolute Gasteiger partial charge is 0.213 e. The highest BCUT2D eigenvalue weighted by molar-refractivity contribution is 5.98. The van der Waals surface area contributed by atoms with Gasteiger partial charge in [-0.25, -0.2) is 18.6 Å². The Labute approximate surface area is 159 Å². The van der Waals surface area contributed by atoms with Crippen LogP contribution in [0.5, 0.6) is 0 Å². The number of para-hydroxylation sites is 1. The predicted octanol–water partition coefficient (Wildman–Crippen LogP) is -1.07. The molecule has 1 fully saturated rings. The number of hydrogen-bond donors (Lipinski definition) is 0. The normalized spacial score (nSPS) is 29.2. The lowest BCUT2D eigenvalue weighted by atomic mass is 9.91. The first-order valence-corrected chi connectivity index (χ1v) is 9.75. The van der Waals surface area contributed by atoms with Crippen molar-refractivity contribution in [3.8, 4) is 0 Å². The lowest BCUT2D eigenvalue weighted by Gasteiger charge is -2.41. The fraction of sp³-hybridized carbons (Fsp3) is 0.250. The van der Waals surface area contributed by atoms with Gasteiger partial charge in [-0.2, -0.15) is 0 Å². The second-order valence-electron chi connectivity index (χ2n) is 6.88. The third-order valence-electron chi connectivity index (χ3n) is 5.48. The summed E-state index contributed by atoms with van der Waals surface area (Å²) < 4.78 is 34.7. The molecule has 0 saturated carbocycles. The Morgan fingerprint density at radius 1 is 0.926 bits per heavy atom. The van der Waals surface area contributed by atoms with E-state index in [4.69, 9.17) is 18.6 Å². The van der Waals surface area contributed by atoms with E-state index in [1.54, 1.807) is 6.08 Å². The van der Waals surface area contributed by atoms with Crippen LogP contribution in [-0.2, 0) is 4.79 Å². The summed E-state index contributed by atoms with van der Waals surface area (Å²) in [4.78, 5) is 12.5. The molecule has 2 bridgehead atoms. The molecule has 2 aliphatic heterocycles. The van der Waals surface area contributed by atoms with E-state index < -0.39 is 10.2 Å². The number of ketones is 1. The predicted molar refractivity (Wildman–Crippen MR) is 89.7 cm³/mol. The van der Waals surface area contributed by atoms with Crippen molar-refractivity contribution in [2.24, 2.45) is 0 Å². The van der Waals surface area contributed by atoms with Crippen molar-refractivity contribution in [1.29, 1.82) is 0 Å². The summed E-state index contributed by atoms with van der Waals surface area (Å²) in [5.74, 6) is 0.667. The van der Waals surface area contributed by atoms with E-state index in [0.29, 0.717) is 16.4 Å². The molecule has 4 unspecified atom stereocenters. The number of hydrogen-bond acceptors (Lipinski definition) is 5. The number of nitrogens with zero attached hydrogens (tertiary/aromatic N) is 1. The number of rotatable bonds is 2. The zero-order valence-corrected chi connectivity index (χ0v) is 15.5. The van der Waals surface area contributed by atoms with Crippen LogP contribution in [0.2, 0.25) is 0 Å². The monoisotopic (exact) mass is 389 g/mol. The van der Waals surface area contributed by atoms with E-state index in [2.05, 4.69) is 67.7 Å². The van der Waals surface area contributed by atoms with Crippen molar-refractivity contribution in [3.05, 3.63) is 78.4 Å². The van der Waals surface area contributed by atoms with Gasteiger partial charge in [-0.05, 0) is 29.8 Å². The molecule has 27 heavy (non-hydrogen) atoms. The summed E-state index contributed by atoms with van der Waals surface area (Å²) in [6.07, 6.45) is 4.86. The fourth-order valence-electron chi connectivity index (χ4n) is 4.31. The second-order valence-corrected chi connectivity index (χ2v) is 7.64. The van der Waals surface area contributed by atoms with Crippen molar-refractivity contribution in [2.75, 3.05) is 7.05 Å². The molecule has 4 rings (SSSR count). The molecule has 1 saturated heterocycles. The summed E-state index contributed by atoms with van der Waals surface area (Å²) >= 11 is 0. The third kappa shape index (κ3) is 4.11. The van der Waals surface area contributed by atoms with Gasteiger partial charge in [-0.1, -0.05) is 48.5 Å². The number of carbonyl (C=O) groups excluding carboxylic acids is 1. The molecule has 0 aromatic heterocycles. The number of halogens is 1. The number of carbonyl (C=O) groups is 1.